The summed E-state index contributed by atoms with van der Waals surface area (Å²) < 4.78 is 5.31. The van der Waals surface area contributed by atoms with E-state index in [0.717, 1.165) is 11.3 Å². The summed E-state index contributed by atoms with van der Waals surface area (Å²) in [6.07, 6.45) is 0.791. The van der Waals surface area contributed by atoms with Gasteiger partial charge in [-0.15, -0.1) is 11.3 Å². The fraction of sp³-hybridized carbons (Fsp3) is 0.143. The first-order valence-corrected chi connectivity index (χ1v) is 9.33. The van der Waals surface area contributed by atoms with Crippen LogP contribution in [-0.4, -0.2) is 29.6 Å². The first-order chi connectivity index (χ1) is 12.7. The molecule has 0 fully saturated rings. The number of hydrogen-bond donors (Lipinski definition) is 0. The summed E-state index contributed by atoms with van der Waals surface area (Å²) in [5.74, 6) is 0.502. The van der Waals surface area contributed by atoms with Gasteiger partial charge in [-0.05, 0) is 34.2 Å². The Bertz CT molecular complexity index is 1030. The van der Waals surface area contributed by atoms with Gasteiger partial charge in [0, 0.05) is 19.7 Å². The van der Waals surface area contributed by atoms with Crippen molar-refractivity contribution in [3.8, 4) is 10.6 Å². The number of carbonyl (C=O) groups excluding carboxylic acids is 1. The van der Waals surface area contributed by atoms with Crippen LogP contribution in [0.25, 0.3) is 21.4 Å². The lowest BCUT2D eigenvalue weighted by atomic mass is 10.0. The Hall–Kier alpha value is -2.92. The van der Waals surface area contributed by atoms with Crippen LogP contribution in [0.3, 0.4) is 0 Å². The van der Waals surface area contributed by atoms with Crippen LogP contribution < -0.4 is 0 Å². The zero-order valence-corrected chi connectivity index (χ0v) is 15.2. The Morgan fingerprint density at radius 3 is 2.81 bits per heavy atom. The van der Waals surface area contributed by atoms with Gasteiger partial charge in [-0.1, -0.05) is 53.7 Å². The lowest BCUT2D eigenvalue weighted by molar-refractivity contribution is 0.0786. The third-order valence-corrected chi connectivity index (χ3v) is 5.32. The van der Waals surface area contributed by atoms with Crippen molar-refractivity contribution < 1.29 is 9.32 Å². The number of aromatic nitrogens is 1. The zero-order chi connectivity index (χ0) is 17.9. The maximum atomic E-state index is 12.6. The number of amides is 1. The molecule has 0 saturated heterocycles. The average Bonchev–Trinajstić information content (AvgIpc) is 3.36. The van der Waals surface area contributed by atoms with Gasteiger partial charge in [0.2, 0.25) is 0 Å². The van der Waals surface area contributed by atoms with Crippen molar-refractivity contribution >= 4 is 28.0 Å². The molecule has 4 aromatic rings. The Balaban J connectivity index is 1.46. The summed E-state index contributed by atoms with van der Waals surface area (Å²) in [5, 5.41) is 8.36. The molecule has 0 aliphatic heterocycles. The molecule has 0 radical (unpaired) electrons. The molecular formula is C21H18N2O2S. The molecule has 2 aromatic carbocycles. The molecule has 0 aliphatic carbocycles. The van der Waals surface area contributed by atoms with Crippen molar-refractivity contribution in [2.75, 3.05) is 13.6 Å². The third kappa shape index (κ3) is 3.26. The SMILES string of the molecule is CN(CCc1cccc2ccccc12)C(=O)c1cc(-c2cccs2)on1. The summed E-state index contributed by atoms with van der Waals surface area (Å²) in [5.41, 5.74) is 1.58. The molecule has 2 aromatic heterocycles. The second kappa shape index (κ2) is 7.14. The van der Waals surface area contributed by atoms with Crippen molar-refractivity contribution in [1.82, 2.24) is 10.1 Å². The molecule has 0 bridgehead atoms. The van der Waals surface area contributed by atoms with E-state index < -0.39 is 0 Å². The average molecular weight is 362 g/mol. The van der Waals surface area contributed by atoms with Crippen molar-refractivity contribution in [1.29, 1.82) is 0 Å². The van der Waals surface area contributed by atoms with E-state index in [1.54, 1.807) is 29.4 Å². The molecule has 26 heavy (non-hydrogen) atoms. The molecule has 0 unspecified atom stereocenters. The van der Waals surface area contributed by atoms with E-state index >= 15 is 0 Å². The maximum Gasteiger partial charge on any atom is 0.275 e. The standard InChI is InChI=1S/C21H18N2O2S/c1-23(12-11-16-8-4-7-15-6-2-3-9-17(15)16)21(24)18-14-19(25-22-18)20-10-5-13-26-20/h2-10,13-14H,11-12H2,1H3. The first kappa shape index (κ1) is 16.5. The number of benzene rings is 2. The van der Waals surface area contributed by atoms with E-state index in [2.05, 4.69) is 35.5 Å². The van der Waals surface area contributed by atoms with E-state index in [9.17, 15) is 4.79 Å². The number of hydrogen-bond acceptors (Lipinski definition) is 4. The molecule has 0 N–H and O–H groups in total. The van der Waals surface area contributed by atoms with E-state index in [1.807, 2.05) is 29.6 Å². The second-order valence-corrected chi connectivity index (χ2v) is 7.12. The fourth-order valence-electron chi connectivity index (χ4n) is 3.01. The van der Waals surface area contributed by atoms with E-state index in [4.69, 9.17) is 4.52 Å². The van der Waals surface area contributed by atoms with Gasteiger partial charge in [0.1, 0.15) is 0 Å². The largest absolute Gasteiger partial charge is 0.355 e. The Kier molecular flexibility index (Phi) is 4.54. The highest BCUT2D eigenvalue weighted by Crippen LogP contribution is 2.25. The van der Waals surface area contributed by atoms with E-state index in [0.29, 0.717) is 18.0 Å². The highest BCUT2D eigenvalue weighted by Gasteiger charge is 2.18. The Labute approximate surface area is 155 Å². The van der Waals surface area contributed by atoms with E-state index in [1.165, 1.54) is 16.3 Å². The fourth-order valence-corrected chi connectivity index (χ4v) is 3.68. The molecule has 2 heterocycles. The highest BCUT2D eigenvalue weighted by atomic mass is 32.1. The molecule has 0 saturated carbocycles. The quantitative estimate of drug-likeness (QED) is 0.509. The van der Waals surface area contributed by atoms with Crippen molar-refractivity contribution in [3.05, 3.63) is 77.3 Å². The van der Waals surface area contributed by atoms with Crippen LogP contribution in [0.15, 0.2) is 70.6 Å². The number of rotatable bonds is 5. The van der Waals surface area contributed by atoms with Crippen molar-refractivity contribution in [2.24, 2.45) is 0 Å². The number of likely N-dealkylation sites (N-methyl/N-ethyl adjacent to an activating group) is 1. The second-order valence-electron chi connectivity index (χ2n) is 6.17. The van der Waals surface area contributed by atoms with Crippen LogP contribution in [0.1, 0.15) is 16.1 Å². The van der Waals surface area contributed by atoms with Gasteiger partial charge < -0.3 is 9.42 Å². The Morgan fingerprint density at radius 2 is 1.96 bits per heavy atom. The molecule has 4 rings (SSSR count). The van der Waals surface area contributed by atoms with Gasteiger partial charge in [-0.25, -0.2) is 0 Å². The molecule has 130 valence electrons. The molecule has 5 heteroatoms. The molecule has 1 amide bonds. The normalized spacial score (nSPS) is 11.0. The minimum Gasteiger partial charge on any atom is -0.355 e. The van der Waals surface area contributed by atoms with Crippen LogP contribution in [0.4, 0.5) is 0 Å². The van der Waals surface area contributed by atoms with Crippen molar-refractivity contribution in [2.45, 2.75) is 6.42 Å². The van der Waals surface area contributed by atoms with Crippen LogP contribution in [-0.2, 0) is 6.42 Å². The summed E-state index contributed by atoms with van der Waals surface area (Å²) in [7, 11) is 1.80. The smallest absolute Gasteiger partial charge is 0.275 e. The monoisotopic (exact) mass is 362 g/mol. The minimum absolute atomic E-state index is 0.128. The maximum absolute atomic E-state index is 12.6. The predicted molar refractivity (Wildman–Crippen MR) is 104 cm³/mol. The molecule has 0 spiro atoms. The van der Waals surface area contributed by atoms with E-state index in [-0.39, 0.29) is 5.91 Å². The third-order valence-electron chi connectivity index (χ3n) is 4.44. The lowest BCUT2D eigenvalue weighted by Crippen LogP contribution is -2.29. The molecular weight excluding hydrogens is 344 g/mol. The summed E-state index contributed by atoms with van der Waals surface area (Å²) in [6.45, 7) is 0.619. The van der Waals surface area contributed by atoms with Crippen LogP contribution >= 0.6 is 11.3 Å². The minimum atomic E-state index is -0.128. The molecule has 4 nitrogen and oxygen atoms in total. The van der Waals surface area contributed by atoms with Gasteiger partial charge in [0.05, 0.1) is 4.88 Å². The lowest BCUT2D eigenvalue weighted by Gasteiger charge is -2.16. The predicted octanol–water partition coefficient (Wildman–Crippen LogP) is 4.87. The zero-order valence-electron chi connectivity index (χ0n) is 14.4. The summed E-state index contributed by atoms with van der Waals surface area (Å²) >= 11 is 1.56. The summed E-state index contributed by atoms with van der Waals surface area (Å²) in [6, 6.07) is 20.2. The van der Waals surface area contributed by atoms with Gasteiger partial charge in [0.25, 0.3) is 5.91 Å². The van der Waals surface area contributed by atoms with Crippen LogP contribution in [0, 0.1) is 0 Å². The van der Waals surface area contributed by atoms with Gasteiger partial charge in [0.15, 0.2) is 11.5 Å². The molecule has 0 aliphatic rings. The van der Waals surface area contributed by atoms with Crippen LogP contribution in [0.5, 0.6) is 0 Å². The van der Waals surface area contributed by atoms with Crippen molar-refractivity contribution in [3.63, 3.8) is 0 Å². The Morgan fingerprint density at radius 1 is 1.12 bits per heavy atom. The van der Waals surface area contributed by atoms with Gasteiger partial charge >= 0.3 is 0 Å². The number of thiophene rings is 1. The molecule has 0 atom stereocenters. The van der Waals surface area contributed by atoms with Crippen LogP contribution in [0.2, 0.25) is 0 Å². The number of carbonyl (C=O) groups is 1. The van der Waals surface area contributed by atoms with Gasteiger partial charge in [-0.3, -0.25) is 4.79 Å². The first-order valence-electron chi connectivity index (χ1n) is 8.45. The number of nitrogens with zero attached hydrogens (tertiary/aromatic N) is 2. The summed E-state index contributed by atoms with van der Waals surface area (Å²) in [4.78, 5) is 15.3. The number of fused-ring (bicyclic) bond motifs is 1. The highest BCUT2D eigenvalue weighted by molar-refractivity contribution is 7.13. The topological polar surface area (TPSA) is 46.3 Å². The van der Waals surface area contributed by atoms with Gasteiger partial charge in [-0.2, -0.15) is 0 Å².